The Balaban J connectivity index is 0.000000980. The van der Waals surface area contributed by atoms with Crippen LogP contribution in [0, 0.1) is 0 Å². The van der Waals surface area contributed by atoms with Gasteiger partial charge < -0.3 is 5.73 Å². The molecule has 3 heteroatoms. The standard InChI is InChI=1S/C11H16N2.ClH/c12-11-5-3-4-10(8-11)9-13-6-1-2-7-13;/h3-5,8H,1-2,6-7,9,12H2;1H. The summed E-state index contributed by atoms with van der Waals surface area (Å²) >= 11 is 0. The Bertz CT molecular complexity index is 282. The molecule has 1 aromatic rings. The molecular weight excluding hydrogens is 196 g/mol. The highest BCUT2D eigenvalue weighted by Gasteiger charge is 2.11. The van der Waals surface area contributed by atoms with Crippen molar-refractivity contribution in [2.24, 2.45) is 0 Å². The molecule has 0 saturated carbocycles. The predicted octanol–water partition coefficient (Wildman–Crippen LogP) is 2.29. The summed E-state index contributed by atoms with van der Waals surface area (Å²) in [6.45, 7) is 3.55. The normalized spacial score (nSPS) is 16.6. The van der Waals surface area contributed by atoms with E-state index in [1.165, 1.54) is 31.5 Å². The van der Waals surface area contributed by atoms with Crippen molar-refractivity contribution in [2.45, 2.75) is 19.4 Å². The fraction of sp³-hybridized carbons (Fsp3) is 0.455. The van der Waals surface area contributed by atoms with Crippen molar-refractivity contribution in [1.29, 1.82) is 0 Å². The van der Waals surface area contributed by atoms with Crippen molar-refractivity contribution < 1.29 is 0 Å². The number of benzene rings is 1. The van der Waals surface area contributed by atoms with Crippen molar-refractivity contribution in [2.75, 3.05) is 18.8 Å². The molecule has 14 heavy (non-hydrogen) atoms. The van der Waals surface area contributed by atoms with E-state index in [9.17, 15) is 0 Å². The quantitative estimate of drug-likeness (QED) is 0.763. The second-order valence-corrected chi connectivity index (χ2v) is 3.73. The Labute approximate surface area is 91.5 Å². The molecule has 0 aliphatic carbocycles. The van der Waals surface area contributed by atoms with Gasteiger partial charge in [0.15, 0.2) is 0 Å². The summed E-state index contributed by atoms with van der Waals surface area (Å²) in [6.07, 6.45) is 2.70. The monoisotopic (exact) mass is 212 g/mol. The largest absolute Gasteiger partial charge is 0.399 e. The predicted molar refractivity (Wildman–Crippen MR) is 62.6 cm³/mol. The second-order valence-electron chi connectivity index (χ2n) is 3.73. The fourth-order valence-corrected chi connectivity index (χ4v) is 1.89. The van der Waals surface area contributed by atoms with E-state index in [0.717, 1.165) is 12.2 Å². The maximum absolute atomic E-state index is 5.71. The van der Waals surface area contributed by atoms with E-state index in [-0.39, 0.29) is 12.4 Å². The molecule has 1 aliphatic heterocycles. The van der Waals surface area contributed by atoms with Crippen LogP contribution >= 0.6 is 12.4 Å². The van der Waals surface area contributed by atoms with Gasteiger partial charge in [-0.05, 0) is 43.6 Å². The van der Waals surface area contributed by atoms with Crippen LogP contribution in [-0.2, 0) is 6.54 Å². The molecule has 1 aliphatic rings. The van der Waals surface area contributed by atoms with Crippen LogP contribution in [0.15, 0.2) is 24.3 Å². The minimum atomic E-state index is 0. The molecule has 2 N–H and O–H groups in total. The zero-order valence-electron chi connectivity index (χ0n) is 8.28. The molecular formula is C11H17ClN2. The van der Waals surface area contributed by atoms with Crippen LogP contribution in [0.1, 0.15) is 18.4 Å². The molecule has 0 bridgehead atoms. The van der Waals surface area contributed by atoms with Gasteiger partial charge in [-0.3, -0.25) is 4.90 Å². The van der Waals surface area contributed by atoms with E-state index in [1.807, 2.05) is 12.1 Å². The third-order valence-electron chi connectivity index (χ3n) is 2.56. The maximum Gasteiger partial charge on any atom is 0.0317 e. The smallest absolute Gasteiger partial charge is 0.0317 e. The Morgan fingerprint density at radius 3 is 2.57 bits per heavy atom. The van der Waals surface area contributed by atoms with Crippen LogP contribution < -0.4 is 5.73 Å². The summed E-state index contributed by atoms with van der Waals surface area (Å²) < 4.78 is 0. The average molecular weight is 213 g/mol. The molecule has 0 atom stereocenters. The number of nitrogens with two attached hydrogens (primary N) is 1. The summed E-state index contributed by atoms with van der Waals surface area (Å²) in [6, 6.07) is 8.18. The molecule has 2 nitrogen and oxygen atoms in total. The van der Waals surface area contributed by atoms with E-state index in [4.69, 9.17) is 5.73 Å². The van der Waals surface area contributed by atoms with Gasteiger partial charge in [0.1, 0.15) is 0 Å². The first-order chi connectivity index (χ1) is 6.34. The lowest BCUT2D eigenvalue weighted by Gasteiger charge is -2.14. The SMILES string of the molecule is Cl.Nc1cccc(CN2CCCC2)c1. The third kappa shape index (κ3) is 2.89. The zero-order valence-corrected chi connectivity index (χ0v) is 9.09. The number of hydrogen-bond donors (Lipinski definition) is 1. The molecule has 0 radical (unpaired) electrons. The van der Waals surface area contributed by atoms with Crippen LogP contribution in [0.2, 0.25) is 0 Å². The van der Waals surface area contributed by atoms with Gasteiger partial charge in [-0.1, -0.05) is 12.1 Å². The van der Waals surface area contributed by atoms with Gasteiger partial charge in [0.05, 0.1) is 0 Å². The first kappa shape index (κ1) is 11.3. The lowest BCUT2D eigenvalue weighted by Crippen LogP contribution is -2.18. The summed E-state index contributed by atoms with van der Waals surface area (Å²) in [5, 5.41) is 0. The number of hydrogen-bond acceptors (Lipinski definition) is 2. The summed E-state index contributed by atoms with van der Waals surface area (Å²) in [5.74, 6) is 0. The molecule has 1 heterocycles. The zero-order chi connectivity index (χ0) is 9.10. The third-order valence-corrected chi connectivity index (χ3v) is 2.56. The van der Waals surface area contributed by atoms with Crippen LogP contribution in [0.4, 0.5) is 5.69 Å². The highest BCUT2D eigenvalue weighted by molar-refractivity contribution is 5.85. The maximum atomic E-state index is 5.71. The number of halogens is 1. The minimum absolute atomic E-state index is 0. The molecule has 0 aromatic heterocycles. The van der Waals surface area contributed by atoms with E-state index in [2.05, 4.69) is 17.0 Å². The molecule has 0 amide bonds. The van der Waals surface area contributed by atoms with E-state index in [1.54, 1.807) is 0 Å². The Kier molecular flexibility index (Phi) is 4.23. The van der Waals surface area contributed by atoms with E-state index >= 15 is 0 Å². The lowest BCUT2D eigenvalue weighted by atomic mass is 10.2. The van der Waals surface area contributed by atoms with E-state index in [0.29, 0.717) is 0 Å². The van der Waals surface area contributed by atoms with Crippen molar-refractivity contribution in [3.8, 4) is 0 Å². The van der Waals surface area contributed by atoms with Gasteiger partial charge in [0, 0.05) is 12.2 Å². The highest BCUT2D eigenvalue weighted by Crippen LogP contribution is 2.14. The first-order valence-corrected chi connectivity index (χ1v) is 4.91. The fourth-order valence-electron chi connectivity index (χ4n) is 1.89. The summed E-state index contributed by atoms with van der Waals surface area (Å²) in [4.78, 5) is 2.48. The number of anilines is 1. The van der Waals surface area contributed by atoms with Crippen molar-refractivity contribution >= 4 is 18.1 Å². The molecule has 2 rings (SSSR count). The molecule has 0 unspecified atom stereocenters. The molecule has 78 valence electrons. The molecule has 1 aromatic carbocycles. The minimum Gasteiger partial charge on any atom is -0.399 e. The van der Waals surface area contributed by atoms with Crippen molar-refractivity contribution in [3.63, 3.8) is 0 Å². The van der Waals surface area contributed by atoms with Gasteiger partial charge in [0.2, 0.25) is 0 Å². The molecule has 1 saturated heterocycles. The van der Waals surface area contributed by atoms with E-state index < -0.39 is 0 Å². The number of rotatable bonds is 2. The number of nitrogens with zero attached hydrogens (tertiary/aromatic N) is 1. The molecule has 1 fully saturated rings. The van der Waals surface area contributed by atoms with Gasteiger partial charge in [-0.15, -0.1) is 12.4 Å². The van der Waals surface area contributed by atoms with Crippen LogP contribution in [-0.4, -0.2) is 18.0 Å². The van der Waals surface area contributed by atoms with Crippen LogP contribution in [0.3, 0.4) is 0 Å². The Morgan fingerprint density at radius 2 is 1.93 bits per heavy atom. The van der Waals surface area contributed by atoms with Crippen molar-refractivity contribution in [1.82, 2.24) is 4.90 Å². The van der Waals surface area contributed by atoms with Gasteiger partial charge in [0.25, 0.3) is 0 Å². The van der Waals surface area contributed by atoms with Gasteiger partial charge in [-0.25, -0.2) is 0 Å². The lowest BCUT2D eigenvalue weighted by molar-refractivity contribution is 0.331. The first-order valence-electron chi connectivity index (χ1n) is 4.91. The van der Waals surface area contributed by atoms with Crippen LogP contribution in [0.5, 0.6) is 0 Å². The van der Waals surface area contributed by atoms with Crippen molar-refractivity contribution in [3.05, 3.63) is 29.8 Å². The highest BCUT2D eigenvalue weighted by atomic mass is 35.5. The molecule has 0 spiro atoms. The summed E-state index contributed by atoms with van der Waals surface area (Å²) in [7, 11) is 0. The topological polar surface area (TPSA) is 29.3 Å². The van der Waals surface area contributed by atoms with Crippen LogP contribution in [0.25, 0.3) is 0 Å². The van der Waals surface area contributed by atoms with Gasteiger partial charge >= 0.3 is 0 Å². The Hall–Kier alpha value is -0.730. The Morgan fingerprint density at radius 1 is 1.21 bits per heavy atom. The second kappa shape index (κ2) is 5.23. The van der Waals surface area contributed by atoms with Gasteiger partial charge in [-0.2, -0.15) is 0 Å². The number of likely N-dealkylation sites (tertiary alicyclic amines) is 1. The average Bonchev–Trinajstić information content (AvgIpc) is 2.57. The summed E-state index contributed by atoms with van der Waals surface area (Å²) in [5.41, 5.74) is 7.92. The number of nitrogen functional groups attached to an aromatic ring is 1.